The van der Waals surface area contributed by atoms with E-state index in [1.54, 1.807) is 17.8 Å². The molecule has 4 heteroatoms. The molecule has 10 heavy (non-hydrogen) atoms. The van der Waals surface area contributed by atoms with Crippen LogP contribution in [0.2, 0.25) is 0 Å². The molecule has 1 unspecified atom stereocenters. The highest BCUT2D eigenvalue weighted by Gasteiger charge is 2.08. The Hall–Kier alpha value is -0.100. The van der Waals surface area contributed by atoms with E-state index in [-0.39, 0.29) is 0 Å². The first-order valence-electron chi connectivity index (χ1n) is 2.98. The van der Waals surface area contributed by atoms with Crippen molar-refractivity contribution in [2.24, 2.45) is 7.05 Å². The van der Waals surface area contributed by atoms with Crippen molar-refractivity contribution in [3.8, 4) is 0 Å². The van der Waals surface area contributed by atoms with E-state index in [1.165, 1.54) is 0 Å². The van der Waals surface area contributed by atoms with Gasteiger partial charge in [-0.25, -0.2) is 0 Å². The molecule has 0 aliphatic heterocycles. The molecule has 1 aromatic heterocycles. The molecule has 0 aromatic carbocycles. The van der Waals surface area contributed by atoms with Gasteiger partial charge in [-0.1, -0.05) is 0 Å². The van der Waals surface area contributed by atoms with Crippen molar-refractivity contribution < 1.29 is 5.11 Å². The van der Waals surface area contributed by atoms with Crippen molar-refractivity contribution in [3.63, 3.8) is 0 Å². The number of aliphatic hydroxyl groups excluding tert-OH is 1. The van der Waals surface area contributed by atoms with Crippen LogP contribution in [0, 0.1) is 3.70 Å². The van der Waals surface area contributed by atoms with Crippen LogP contribution in [0.1, 0.15) is 18.6 Å². The summed E-state index contributed by atoms with van der Waals surface area (Å²) < 4.78 is 2.73. The molecule has 3 nitrogen and oxygen atoms in total. The zero-order chi connectivity index (χ0) is 7.72. The molecule has 0 radical (unpaired) electrons. The van der Waals surface area contributed by atoms with Crippen LogP contribution in [0.15, 0.2) is 6.20 Å². The maximum absolute atomic E-state index is 9.16. The van der Waals surface area contributed by atoms with E-state index in [2.05, 4.69) is 27.7 Å². The van der Waals surface area contributed by atoms with Gasteiger partial charge in [-0.15, -0.1) is 0 Å². The van der Waals surface area contributed by atoms with Gasteiger partial charge in [-0.05, 0) is 29.5 Å². The normalized spacial score (nSPS) is 13.6. The molecule has 0 bridgehead atoms. The standard InChI is InChI=1S/C6H9IN2O/c1-4(10)5-3-8-9(2)6(5)7/h3-4,10H,1-2H3. The summed E-state index contributed by atoms with van der Waals surface area (Å²) in [7, 11) is 1.85. The van der Waals surface area contributed by atoms with Gasteiger partial charge >= 0.3 is 0 Å². The van der Waals surface area contributed by atoms with Crippen LogP contribution < -0.4 is 0 Å². The van der Waals surface area contributed by atoms with E-state index in [1.807, 2.05) is 7.05 Å². The second-order valence-corrected chi connectivity index (χ2v) is 3.21. The fourth-order valence-electron chi connectivity index (χ4n) is 0.720. The third-order valence-electron chi connectivity index (χ3n) is 1.34. The minimum atomic E-state index is -0.416. The summed E-state index contributed by atoms with van der Waals surface area (Å²) in [6.07, 6.45) is 1.27. The molecule has 0 spiro atoms. The Morgan fingerprint density at radius 3 is 2.60 bits per heavy atom. The lowest BCUT2D eigenvalue weighted by molar-refractivity contribution is 0.198. The van der Waals surface area contributed by atoms with Crippen LogP contribution in [-0.4, -0.2) is 14.9 Å². The van der Waals surface area contributed by atoms with Gasteiger partial charge in [-0.3, -0.25) is 4.68 Å². The lowest BCUT2D eigenvalue weighted by Gasteiger charge is -1.99. The van der Waals surface area contributed by atoms with E-state index >= 15 is 0 Å². The van der Waals surface area contributed by atoms with Gasteiger partial charge in [0.2, 0.25) is 0 Å². The van der Waals surface area contributed by atoms with Crippen LogP contribution in [0.4, 0.5) is 0 Å². The Balaban J connectivity index is 3.05. The highest BCUT2D eigenvalue weighted by atomic mass is 127. The molecular weight excluding hydrogens is 243 g/mol. The van der Waals surface area contributed by atoms with Crippen LogP contribution >= 0.6 is 22.6 Å². The number of aliphatic hydroxyl groups is 1. The number of rotatable bonds is 1. The Labute approximate surface area is 73.2 Å². The maximum Gasteiger partial charge on any atom is 0.104 e. The first-order chi connectivity index (χ1) is 4.63. The zero-order valence-corrected chi connectivity index (χ0v) is 8.03. The second kappa shape index (κ2) is 2.87. The second-order valence-electron chi connectivity index (χ2n) is 2.19. The van der Waals surface area contributed by atoms with Gasteiger partial charge in [0.1, 0.15) is 3.70 Å². The van der Waals surface area contributed by atoms with E-state index in [0.717, 1.165) is 9.26 Å². The third kappa shape index (κ3) is 1.32. The maximum atomic E-state index is 9.16. The van der Waals surface area contributed by atoms with Crippen molar-refractivity contribution in [2.45, 2.75) is 13.0 Å². The molecule has 0 saturated heterocycles. The van der Waals surface area contributed by atoms with E-state index < -0.39 is 6.10 Å². The Bertz CT molecular complexity index is 232. The third-order valence-corrected chi connectivity index (χ3v) is 2.66. The Morgan fingerprint density at radius 1 is 1.80 bits per heavy atom. The monoisotopic (exact) mass is 252 g/mol. The summed E-state index contributed by atoms with van der Waals surface area (Å²) in [4.78, 5) is 0. The van der Waals surface area contributed by atoms with Gasteiger partial charge in [0.05, 0.1) is 12.3 Å². The summed E-state index contributed by atoms with van der Waals surface area (Å²) in [5.41, 5.74) is 0.892. The Kier molecular flexibility index (Phi) is 2.30. The minimum absolute atomic E-state index is 0.416. The van der Waals surface area contributed by atoms with Gasteiger partial charge in [0.25, 0.3) is 0 Å². The average Bonchev–Trinajstić information content (AvgIpc) is 2.14. The minimum Gasteiger partial charge on any atom is -0.389 e. The molecular formula is C6H9IN2O. The summed E-state index contributed by atoms with van der Waals surface area (Å²) in [6, 6.07) is 0. The molecule has 0 aliphatic carbocycles. The molecule has 0 amide bonds. The summed E-state index contributed by atoms with van der Waals surface area (Å²) >= 11 is 2.16. The molecule has 56 valence electrons. The lowest BCUT2D eigenvalue weighted by Crippen LogP contribution is -1.96. The van der Waals surface area contributed by atoms with Crippen molar-refractivity contribution in [2.75, 3.05) is 0 Å². The van der Waals surface area contributed by atoms with Gasteiger partial charge < -0.3 is 5.11 Å². The molecule has 0 aliphatic rings. The topological polar surface area (TPSA) is 38.1 Å². The van der Waals surface area contributed by atoms with Crippen molar-refractivity contribution >= 4 is 22.6 Å². The number of halogens is 1. The van der Waals surface area contributed by atoms with Gasteiger partial charge in [0.15, 0.2) is 0 Å². The van der Waals surface area contributed by atoms with Crippen LogP contribution in [0.5, 0.6) is 0 Å². The predicted octanol–water partition coefficient (Wildman–Crippen LogP) is 1.08. The highest BCUT2D eigenvalue weighted by Crippen LogP contribution is 2.17. The molecule has 0 saturated carbocycles. The number of aromatic nitrogens is 2. The summed E-state index contributed by atoms with van der Waals surface area (Å²) in [5, 5.41) is 13.1. The molecule has 0 fully saturated rings. The van der Waals surface area contributed by atoms with Crippen molar-refractivity contribution in [1.82, 2.24) is 9.78 Å². The quantitative estimate of drug-likeness (QED) is 0.759. The smallest absolute Gasteiger partial charge is 0.104 e. The lowest BCUT2D eigenvalue weighted by atomic mass is 10.2. The van der Waals surface area contributed by atoms with Crippen LogP contribution in [0.25, 0.3) is 0 Å². The fourth-order valence-corrected chi connectivity index (χ4v) is 1.43. The zero-order valence-electron chi connectivity index (χ0n) is 5.87. The highest BCUT2D eigenvalue weighted by molar-refractivity contribution is 14.1. The SMILES string of the molecule is CC(O)c1cnn(C)c1I. The first kappa shape index (κ1) is 8.00. The van der Waals surface area contributed by atoms with Gasteiger partial charge in [0, 0.05) is 12.6 Å². The first-order valence-corrected chi connectivity index (χ1v) is 4.06. The van der Waals surface area contributed by atoms with E-state index in [0.29, 0.717) is 0 Å². The molecule has 1 rings (SSSR count). The fraction of sp³-hybridized carbons (Fsp3) is 0.500. The summed E-state index contributed by atoms with van der Waals surface area (Å²) in [5.74, 6) is 0. The largest absolute Gasteiger partial charge is 0.389 e. The van der Waals surface area contributed by atoms with Gasteiger partial charge in [-0.2, -0.15) is 5.10 Å². The van der Waals surface area contributed by atoms with Crippen molar-refractivity contribution in [3.05, 3.63) is 15.5 Å². The number of aryl methyl sites for hydroxylation is 1. The molecule has 1 atom stereocenters. The van der Waals surface area contributed by atoms with E-state index in [9.17, 15) is 0 Å². The molecule has 1 aromatic rings. The van der Waals surface area contributed by atoms with Crippen LogP contribution in [-0.2, 0) is 7.05 Å². The van der Waals surface area contributed by atoms with Crippen molar-refractivity contribution in [1.29, 1.82) is 0 Å². The summed E-state index contributed by atoms with van der Waals surface area (Å²) in [6.45, 7) is 1.74. The molecule has 1 N–H and O–H groups in total. The Morgan fingerprint density at radius 2 is 2.40 bits per heavy atom. The average molecular weight is 252 g/mol. The predicted molar refractivity (Wildman–Crippen MR) is 46.6 cm³/mol. The number of hydrogen-bond acceptors (Lipinski definition) is 2. The number of nitrogens with zero attached hydrogens (tertiary/aromatic N) is 2. The van der Waals surface area contributed by atoms with E-state index in [4.69, 9.17) is 5.11 Å². The molecule has 1 heterocycles. The number of hydrogen-bond donors (Lipinski definition) is 1. The van der Waals surface area contributed by atoms with Crippen LogP contribution in [0.3, 0.4) is 0 Å².